The predicted molar refractivity (Wildman–Crippen MR) is 120 cm³/mol. The van der Waals surface area contributed by atoms with Gasteiger partial charge in [0.15, 0.2) is 5.11 Å². The SMILES string of the molecule is CCN(Cc1ccccc1)C(=S)Nc1cc(S(=O)(=O)N2CCOCC2)ccc1Cl. The lowest BCUT2D eigenvalue weighted by Crippen LogP contribution is -2.40. The van der Waals surface area contributed by atoms with Gasteiger partial charge in [-0.1, -0.05) is 41.9 Å². The van der Waals surface area contributed by atoms with E-state index in [4.69, 9.17) is 28.6 Å². The van der Waals surface area contributed by atoms with Crippen LogP contribution in [0, 0.1) is 0 Å². The van der Waals surface area contributed by atoms with E-state index in [1.807, 2.05) is 42.2 Å². The van der Waals surface area contributed by atoms with Crippen molar-refractivity contribution in [1.29, 1.82) is 0 Å². The summed E-state index contributed by atoms with van der Waals surface area (Å²) in [5.74, 6) is 0. The highest BCUT2D eigenvalue weighted by Crippen LogP contribution is 2.28. The Kier molecular flexibility index (Phi) is 7.48. The van der Waals surface area contributed by atoms with Crippen LogP contribution in [0.1, 0.15) is 12.5 Å². The zero-order valence-electron chi connectivity index (χ0n) is 16.2. The average Bonchev–Trinajstić information content (AvgIpc) is 2.74. The summed E-state index contributed by atoms with van der Waals surface area (Å²) in [6, 6.07) is 14.6. The number of benzene rings is 2. The Balaban J connectivity index is 1.77. The van der Waals surface area contributed by atoms with Crippen molar-refractivity contribution in [1.82, 2.24) is 9.21 Å². The minimum absolute atomic E-state index is 0.181. The molecule has 0 saturated carbocycles. The number of morpholine rings is 1. The molecular formula is C20H24ClN3O3S2. The molecular weight excluding hydrogens is 430 g/mol. The molecule has 2 aromatic carbocycles. The highest BCUT2D eigenvalue weighted by Gasteiger charge is 2.27. The van der Waals surface area contributed by atoms with E-state index in [1.54, 1.807) is 6.07 Å². The maximum Gasteiger partial charge on any atom is 0.243 e. The van der Waals surface area contributed by atoms with E-state index in [2.05, 4.69) is 5.32 Å². The Labute approximate surface area is 182 Å². The van der Waals surface area contributed by atoms with E-state index in [-0.39, 0.29) is 4.90 Å². The number of nitrogens with one attached hydrogen (secondary N) is 1. The lowest BCUT2D eigenvalue weighted by Gasteiger charge is -2.27. The van der Waals surface area contributed by atoms with Gasteiger partial charge in [-0.2, -0.15) is 4.31 Å². The molecule has 9 heteroatoms. The van der Waals surface area contributed by atoms with Crippen molar-refractivity contribution in [3.63, 3.8) is 0 Å². The number of thiocarbonyl (C=S) groups is 1. The molecule has 2 aromatic rings. The van der Waals surface area contributed by atoms with E-state index in [9.17, 15) is 8.42 Å². The minimum atomic E-state index is -3.61. The highest BCUT2D eigenvalue weighted by molar-refractivity contribution is 7.89. The van der Waals surface area contributed by atoms with Gasteiger partial charge in [0.2, 0.25) is 10.0 Å². The lowest BCUT2D eigenvalue weighted by molar-refractivity contribution is 0.0730. The number of hydrogen-bond donors (Lipinski definition) is 1. The molecule has 0 bridgehead atoms. The van der Waals surface area contributed by atoms with Gasteiger partial charge in [0.1, 0.15) is 0 Å². The third kappa shape index (κ3) is 5.46. The number of rotatable bonds is 6. The number of nitrogens with zero attached hydrogens (tertiary/aromatic N) is 2. The highest BCUT2D eigenvalue weighted by atomic mass is 35.5. The van der Waals surface area contributed by atoms with Gasteiger partial charge in [-0.3, -0.25) is 0 Å². The first-order valence-corrected chi connectivity index (χ1v) is 11.6. The van der Waals surface area contributed by atoms with E-state index in [0.717, 1.165) is 5.56 Å². The summed E-state index contributed by atoms with van der Waals surface area (Å²) in [7, 11) is -3.61. The molecule has 3 rings (SSSR count). The van der Waals surface area contributed by atoms with Gasteiger partial charge in [0.05, 0.1) is 28.8 Å². The van der Waals surface area contributed by atoms with Crippen molar-refractivity contribution in [3.8, 4) is 0 Å². The maximum absolute atomic E-state index is 12.9. The summed E-state index contributed by atoms with van der Waals surface area (Å²) >= 11 is 11.9. The third-order valence-corrected chi connectivity index (χ3v) is 7.26. The zero-order chi connectivity index (χ0) is 20.9. The van der Waals surface area contributed by atoms with Crippen LogP contribution in [0.5, 0.6) is 0 Å². The van der Waals surface area contributed by atoms with Crippen LogP contribution in [0.25, 0.3) is 0 Å². The number of ether oxygens (including phenoxy) is 1. The van der Waals surface area contributed by atoms with Crippen molar-refractivity contribution in [2.24, 2.45) is 0 Å². The van der Waals surface area contributed by atoms with E-state index >= 15 is 0 Å². The average molecular weight is 454 g/mol. The van der Waals surface area contributed by atoms with Gasteiger partial charge in [0.25, 0.3) is 0 Å². The minimum Gasteiger partial charge on any atom is -0.379 e. The molecule has 1 heterocycles. The standard InChI is InChI=1S/C20H24ClN3O3S2/c1-2-23(15-16-6-4-3-5-7-16)20(28)22-19-14-17(8-9-18(19)21)29(25,26)24-10-12-27-13-11-24/h3-9,14H,2,10-13,15H2,1H3,(H,22,28). The molecule has 0 aromatic heterocycles. The van der Waals surface area contributed by atoms with Crippen LogP contribution >= 0.6 is 23.8 Å². The quantitative estimate of drug-likeness (QED) is 0.674. The molecule has 0 unspecified atom stereocenters. The Morgan fingerprint density at radius 2 is 1.90 bits per heavy atom. The fraction of sp³-hybridized carbons (Fsp3) is 0.350. The normalized spacial score (nSPS) is 15.1. The predicted octanol–water partition coefficient (Wildman–Crippen LogP) is 3.58. The molecule has 0 radical (unpaired) electrons. The van der Waals surface area contributed by atoms with Gasteiger partial charge < -0.3 is 15.0 Å². The maximum atomic E-state index is 12.9. The van der Waals surface area contributed by atoms with Gasteiger partial charge in [-0.25, -0.2) is 8.42 Å². The molecule has 1 saturated heterocycles. The van der Waals surface area contributed by atoms with Gasteiger partial charge in [-0.15, -0.1) is 0 Å². The van der Waals surface area contributed by atoms with Crippen LogP contribution in [-0.4, -0.2) is 55.6 Å². The second kappa shape index (κ2) is 9.86. The molecule has 1 fully saturated rings. The Morgan fingerprint density at radius 1 is 1.21 bits per heavy atom. The Bertz CT molecular complexity index is 949. The molecule has 29 heavy (non-hydrogen) atoms. The largest absolute Gasteiger partial charge is 0.379 e. The van der Waals surface area contributed by atoms with Gasteiger partial charge in [0, 0.05) is 26.2 Å². The first kappa shape index (κ1) is 22.0. The first-order valence-electron chi connectivity index (χ1n) is 9.39. The number of hydrogen-bond acceptors (Lipinski definition) is 4. The molecule has 0 spiro atoms. The molecule has 6 nitrogen and oxygen atoms in total. The van der Waals surface area contributed by atoms with Gasteiger partial charge in [-0.05, 0) is 42.9 Å². The lowest BCUT2D eigenvalue weighted by atomic mass is 10.2. The van der Waals surface area contributed by atoms with Crippen molar-refractivity contribution in [3.05, 3.63) is 59.1 Å². The summed E-state index contributed by atoms with van der Waals surface area (Å²) in [6.07, 6.45) is 0. The number of sulfonamides is 1. The van der Waals surface area contributed by atoms with Crippen LogP contribution in [0.4, 0.5) is 5.69 Å². The Morgan fingerprint density at radius 3 is 2.55 bits per heavy atom. The van der Waals surface area contributed by atoms with Crippen molar-refractivity contribution in [2.45, 2.75) is 18.4 Å². The summed E-state index contributed by atoms with van der Waals surface area (Å²) in [5.41, 5.74) is 1.60. The molecule has 1 aliphatic rings. The number of anilines is 1. The summed E-state index contributed by atoms with van der Waals surface area (Å²) in [5, 5.41) is 4.01. The van der Waals surface area contributed by atoms with E-state index < -0.39 is 10.0 Å². The zero-order valence-corrected chi connectivity index (χ0v) is 18.6. The van der Waals surface area contributed by atoms with Crippen LogP contribution in [0.2, 0.25) is 5.02 Å². The fourth-order valence-corrected chi connectivity index (χ4v) is 4.93. The second-order valence-corrected chi connectivity index (χ2v) is 9.32. The Hall–Kier alpha value is -1.71. The monoisotopic (exact) mass is 453 g/mol. The molecule has 1 aliphatic heterocycles. The smallest absolute Gasteiger partial charge is 0.243 e. The molecule has 0 atom stereocenters. The van der Waals surface area contributed by atoms with Crippen LogP contribution in [0.3, 0.4) is 0 Å². The van der Waals surface area contributed by atoms with Crippen LogP contribution < -0.4 is 5.32 Å². The van der Waals surface area contributed by atoms with Crippen molar-refractivity contribution >= 4 is 44.6 Å². The molecule has 156 valence electrons. The molecule has 1 N–H and O–H groups in total. The molecule has 0 aliphatic carbocycles. The topological polar surface area (TPSA) is 61.9 Å². The van der Waals surface area contributed by atoms with E-state index in [0.29, 0.717) is 55.2 Å². The second-order valence-electron chi connectivity index (χ2n) is 6.59. The molecule has 0 amide bonds. The van der Waals surface area contributed by atoms with Gasteiger partial charge >= 0.3 is 0 Å². The van der Waals surface area contributed by atoms with Crippen LogP contribution in [-0.2, 0) is 21.3 Å². The van der Waals surface area contributed by atoms with Crippen molar-refractivity contribution < 1.29 is 13.2 Å². The number of halogens is 1. The van der Waals surface area contributed by atoms with Crippen LogP contribution in [0.15, 0.2) is 53.4 Å². The first-order chi connectivity index (χ1) is 13.9. The third-order valence-electron chi connectivity index (χ3n) is 4.67. The summed E-state index contributed by atoms with van der Waals surface area (Å²) in [6.45, 7) is 4.83. The van der Waals surface area contributed by atoms with Crippen molar-refractivity contribution in [2.75, 3.05) is 38.2 Å². The summed E-state index contributed by atoms with van der Waals surface area (Å²) < 4.78 is 32.5. The fourth-order valence-electron chi connectivity index (χ4n) is 3.02. The summed E-state index contributed by atoms with van der Waals surface area (Å²) in [4.78, 5) is 2.17. The van der Waals surface area contributed by atoms with E-state index in [1.165, 1.54) is 16.4 Å².